The van der Waals surface area contributed by atoms with Gasteiger partial charge in [-0.3, -0.25) is 0 Å². The second-order valence-electron chi connectivity index (χ2n) is 6.38. The summed E-state index contributed by atoms with van der Waals surface area (Å²) in [6, 6.07) is 16.9. The van der Waals surface area contributed by atoms with Crippen molar-refractivity contribution in [1.29, 1.82) is 0 Å². The Morgan fingerprint density at radius 2 is 1.47 bits per heavy atom. The molecule has 0 spiro atoms. The number of carbonyl (C=O) groups excluding carboxylic acids is 1. The highest BCUT2D eigenvalue weighted by Gasteiger charge is 2.16. The molecule has 5 nitrogen and oxygen atoms in total. The first-order chi connectivity index (χ1) is 14.5. The molecule has 0 aliphatic heterocycles. The summed E-state index contributed by atoms with van der Waals surface area (Å²) in [6.07, 6.45) is 1.59. The third kappa shape index (κ3) is 4.17. The molecule has 0 unspecified atom stereocenters. The minimum Gasteiger partial charge on any atom is -0.305 e. The van der Waals surface area contributed by atoms with Gasteiger partial charge in [-0.15, -0.1) is 0 Å². The summed E-state index contributed by atoms with van der Waals surface area (Å²) in [7, 11) is 0. The fourth-order valence-corrected chi connectivity index (χ4v) is 2.87. The van der Waals surface area contributed by atoms with Crippen molar-refractivity contribution < 1.29 is 18.0 Å². The molecular formula is C22H15F3N4O. The number of nitrogens with one attached hydrogen (secondary N) is 2. The van der Waals surface area contributed by atoms with Gasteiger partial charge >= 0.3 is 6.03 Å². The topological polar surface area (TPSA) is 59.0 Å². The largest absolute Gasteiger partial charge is 0.323 e. The van der Waals surface area contributed by atoms with E-state index < -0.39 is 23.5 Å². The molecule has 30 heavy (non-hydrogen) atoms. The second-order valence-corrected chi connectivity index (χ2v) is 6.38. The number of carbonyl (C=O) groups is 1. The quantitative estimate of drug-likeness (QED) is 0.462. The Balaban J connectivity index is 1.66. The third-order valence-electron chi connectivity index (χ3n) is 4.28. The number of amides is 2. The summed E-state index contributed by atoms with van der Waals surface area (Å²) in [6.45, 7) is 0. The van der Waals surface area contributed by atoms with Crippen LogP contribution in [-0.2, 0) is 0 Å². The average molecular weight is 408 g/mol. The Morgan fingerprint density at radius 3 is 2.17 bits per heavy atom. The Labute approximate surface area is 169 Å². The predicted octanol–water partition coefficient (Wildman–Crippen LogP) is 5.60. The van der Waals surface area contributed by atoms with Gasteiger partial charge in [-0.25, -0.2) is 22.6 Å². The summed E-state index contributed by atoms with van der Waals surface area (Å²) in [5.74, 6) is -2.05. The zero-order valence-corrected chi connectivity index (χ0v) is 15.4. The highest BCUT2D eigenvalue weighted by molar-refractivity contribution is 6.02. The molecule has 0 atom stereocenters. The molecule has 0 aliphatic carbocycles. The molecule has 0 saturated carbocycles. The van der Waals surface area contributed by atoms with Crippen LogP contribution in [0.5, 0.6) is 0 Å². The van der Waals surface area contributed by atoms with Crippen LogP contribution in [0.1, 0.15) is 0 Å². The molecule has 8 heteroatoms. The number of anilines is 2. The molecule has 1 heterocycles. The Bertz CT molecular complexity index is 1190. The maximum absolute atomic E-state index is 13.8. The summed E-state index contributed by atoms with van der Waals surface area (Å²) < 4.78 is 41.8. The zero-order valence-electron chi connectivity index (χ0n) is 15.4. The van der Waals surface area contributed by atoms with E-state index in [9.17, 15) is 18.0 Å². The van der Waals surface area contributed by atoms with E-state index in [2.05, 4.69) is 15.7 Å². The molecule has 150 valence electrons. The van der Waals surface area contributed by atoms with E-state index in [1.165, 1.54) is 24.3 Å². The lowest BCUT2D eigenvalue weighted by Crippen LogP contribution is -2.20. The fraction of sp³-hybridized carbons (Fsp3) is 0. The predicted molar refractivity (Wildman–Crippen MR) is 108 cm³/mol. The van der Waals surface area contributed by atoms with Gasteiger partial charge in [0.05, 0.1) is 23.3 Å². The molecule has 0 aliphatic rings. The molecule has 2 amide bonds. The van der Waals surface area contributed by atoms with Gasteiger partial charge < -0.3 is 10.6 Å². The number of rotatable bonds is 4. The summed E-state index contributed by atoms with van der Waals surface area (Å²) in [5.41, 5.74) is 1.87. The van der Waals surface area contributed by atoms with Crippen LogP contribution in [0.3, 0.4) is 0 Å². The lowest BCUT2D eigenvalue weighted by atomic mass is 10.1. The van der Waals surface area contributed by atoms with E-state index in [1.54, 1.807) is 10.9 Å². The molecule has 2 N–H and O–H groups in total. The van der Waals surface area contributed by atoms with Gasteiger partial charge in [0.15, 0.2) is 0 Å². The molecular weight excluding hydrogens is 393 g/mol. The van der Waals surface area contributed by atoms with Gasteiger partial charge in [0.1, 0.15) is 23.1 Å². The molecule has 0 bridgehead atoms. The number of benzene rings is 3. The monoisotopic (exact) mass is 408 g/mol. The number of para-hydroxylation sites is 1. The molecule has 4 aromatic rings. The van der Waals surface area contributed by atoms with Crippen molar-refractivity contribution >= 4 is 17.4 Å². The van der Waals surface area contributed by atoms with Crippen molar-refractivity contribution in [3.8, 4) is 16.9 Å². The minimum absolute atomic E-state index is 0.173. The molecule has 0 saturated heterocycles. The van der Waals surface area contributed by atoms with E-state index in [0.29, 0.717) is 23.0 Å². The van der Waals surface area contributed by atoms with E-state index >= 15 is 0 Å². The maximum atomic E-state index is 13.8. The number of hydrogen-bond donors (Lipinski definition) is 2. The van der Waals surface area contributed by atoms with Crippen LogP contribution >= 0.6 is 0 Å². The molecule has 4 rings (SSSR count). The smallest absolute Gasteiger partial charge is 0.305 e. The third-order valence-corrected chi connectivity index (χ3v) is 4.28. The Kier molecular flexibility index (Phi) is 5.21. The van der Waals surface area contributed by atoms with Crippen molar-refractivity contribution in [3.63, 3.8) is 0 Å². The number of urea groups is 1. The van der Waals surface area contributed by atoms with Gasteiger partial charge in [0.2, 0.25) is 0 Å². The SMILES string of the molecule is O=C(Nc1ccc(F)cc1F)Nc1cn(-c2ccccc2)nc1-c1ccc(F)cc1. The maximum Gasteiger partial charge on any atom is 0.323 e. The molecule has 1 aromatic heterocycles. The number of aromatic nitrogens is 2. The number of halogens is 3. The standard InChI is InChI=1S/C22H15F3N4O/c23-15-8-6-14(7-9-15)21-20(13-29(28-21)17-4-2-1-3-5-17)27-22(30)26-19-11-10-16(24)12-18(19)25/h1-13H,(H2,26,27,30). The first-order valence-corrected chi connectivity index (χ1v) is 8.94. The lowest BCUT2D eigenvalue weighted by Gasteiger charge is -2.08. The summed E-state index contributed by atoms with van der Waals surface area (Å²) in [4.78, 5) is 12.4. The highest BCUT2D eigenvalue weighted by Crippen LogP contribution is 2.28. The first-order valence-electron chi connectivity index (χ1n) is 8.94. The van der Waals surface area contributed by atoms with Crippen LogP contribution in [0, 0.1) is 17.5 Å². The molecule has 0 radical (unpaired) electrons. The number of nitrogens with zero attached hydrogens (tertiary/aromatic N) is 2. The van der Waals surface area contributed by atoms with Gasteiger partial charge in [0.25, 0.3) is 0 Å². The second kappa shape index (κ2) is 8.12. The van der Waals surface area contributed by atoms with Crippen LogP contribution < -0.4 is 10.6 Å². The summed E-state index contributed by atoms with van der Waals surface area (Å²) >= 11 is 0. The van der Waals surface area contributed by atoms with Gasteiger partial charge in [-0.05, 0) is 48.5 Å². The summed E-state index contributed by atoms with van der Waals surface area (Å²) in [5, 5.41) is 9.45. The van der Waals surface area contributed by atoms with Crippen molar-refractivity contribution in [2.24, 2.45) is 0 Å². The van der Waals surface area contributed by atoms with Crippen molar-refractivity contribution in [2.75, 3.05) is 10.6 Å². The van der Waals surface area contributed by atoms with Crippen LogP contribution in [0.15, 0.2) is 79.0 Å². The highest BCUT2D eigenvalue weighted by atomic mass is 19.1. The average Bonchev–Trinajstić information content (AvgIpc) is 3.15. The van der Waals surface area contributed by atoms with E-state index in [1.807, 2.05) is 30.3 Å². The van der Waals surface area contributed by atoms with E-state index in [0.717, 1.165) is 17.8 Å². The van der Waals surface area contributed by atoms with Crippen LogP contribution in [0.4, 0.5) is 29.3 Å². The molecule has 0 fully saturated rings. The fourth-order valence-electron chi connectivity index (χ4n) is 2.87. The number of hydrogen-bond acceptors (Lipinski definition) is 2. The normalized spacial score (nSPS) is 10.6. The van der Waals surface area contributed by atoms with Crippen molar-refractivity contribution in [3.05, 3.63) is 96.4 Å². The molecule has 3 aromatic carbocycles. The van der Waals surface area contributed by atoms with Gasteiger partial charge in [0, 0.05) is 11.6 Å². The van der Waals surface area contributed by atoms with Gasteiger partial charge in [-0.1, -0.05) is 18.2 Å². The van der Waals surface area contributed by atoms with Crippen LogP contribution in [-0.4, -0.2) is 15.8 Å². The van der Waals surface area contributed by atoms with E-state index in [-0.39, 0.29) is 5.69 Å². The minimum atomic E-state index is -0.899. The van der Waals surface area contributed by atoms with Crippen LogP contribution in [0.25, 0.3) is 16.9 Å². The van der Waals surface area contributed by atoms with Crippen molar-refractivity contribution in [2.45, 2.75) is 0 Å². The van der Waals surface area contributed by atoms with Gasteiger partial charge in [-0.2, -0.15) is 5.10 Å². The lowest BCUT2D eigenvalue weighted by molar-refractivity contribution is 0.262. The van der Waals surface area contributed by atoms with Crippen LogP contribution in [0.2, 0.25) is 0 Å². The zero-order chi connectivity index (χ0) is 21.1. The van der Waals surface area contributed by atoms with E-state index in [4.69, 9.17) is 0 Å². The first kappa shape index (κ1) is 19.3. The van der Waals surface area contributed by atoms with Crippen molar-refractivity contribution in [1.82, 2.24) is 9.78 Å². The Hall–Kier alpha value is -4.07. The Morgan fingerprint density at radius 1 is 0.800 bits per heavy atom.